The van der Waals surface area contributed by atoms with Gasteiger partial charge in [0.1, 0.15) is 39.1 Å². The first-order valence-electron chi connectivity index (χ1n) is 19.1. The number of nitrogens with zero attached hydrogens (tertiary/aromatic N) is 2. The van der Waals surface area contributed by atoms with E-state index in [0.29, 0.717) is 11.4 Å². The van der Waals surface area contributed by atoms with Crippen LogP contribution in [0.3, 0.4) is 0 Å². The number of hydrogen-bond donors (Lipinski definition) is 0. The van der Waals surface area contributed by atoms with E-state index >= 15 is 0 Å². The Balaban J connectivity index is 1.03. The molecule has 5 heteroatoms. The van der Waals surface area contributed by atoms with Crippen LogP contribution in [0.5, 0.6) is 0 Å². The molecule has 5 nitrogen and oxygen atoms in total. The molecule has 0 saturated carbocycles. The second-order valence-electron chi connectivity index (χ2n) is 14.4. The SMILES string of the molecule is c1ccc(-c2nc(-c3cccc(-c4cccc5c4oc4ccccc45)c3)nc3c2oc2c(-c4cccc(-c5cccc6c5oc5ccccc56)c4)cccc23)cc1. The van der Waals surface area contributed by atoms with E-state index in [1.165, 1.54) is 0 Å². The zero-order valence-corrected chi connectivity index (χ0v) is 30.4. The van der Waals surface area contributed by atoms with E-state index in [-0.39, 0.29) is 0 Å². The lowest BCUT2D eigenvalue weighted by Crippen LogP contribution is -1.94. The molecule has 0 bridgehead atoms. The van der Waals surface area contributed by atoms with Gasteiger partial charge < -0.3 is 13.3 Å². The quantitative estimate of drug-likeness (QED) is 0.176. The highest BCUT2D eigenvalue weighted by Crippen LogP contribution is 2.42. The molecule has 0 amide bonds. The Bertz CT molecular complexity index is 3540. The number of aromatic nitrogens is 2. The van der Waals surface area contributed by atoms with Gasteiger partial charge in [0.25, 0.3) is 0 Å². The van der Waals surface area contributed by atoms with Gasteiger partial charge in [0.15, 0.2) is 11.4 Å². The molecule has 0 aliphatic rings. The molecule has 0 atom stereocenters. The molecule has 0 spiro atoms. The van der Waals surface area contributed by atoms with Crippen LogP contribution in [-0.4, -0.2) is 9.97 Å². The molecule has 0 radical (unpaired) electrons. The topological polar surface area (TPSA) is 65.2 Å². The summed E-state index contributed by atoms with van der Waals surface area (Å²) in [5, 5.41) is 5.34. The van der Waals surface area contributed by atoms with Gasteiger partial charge in [-0.1, -0.05) is 152 Å². The lowest BCUT2D eigenvalue weighted by Gasteiger charge is -2.08. The van der Waals surface area contributed by atoms with Gasteiger partial charge in [-0.15, -0.1) is 0 Å². The summed E-state index contributed by atoms with van der Waals surface area (Å²) >= 11 is 0. The number of hydrogen-bond acceptors (Lipinski definition) is 5. The van der Waals surface area contributed by atoms with Crippen LogP contribution in [0.15, 0.2) is 195 Å². The average Bonchev–Trinajstić information content (AvgIpc) is 3.98. The normalized spacial score (nSPS) is 11.9. The predicted octanol–water partition coefficient (Wildman–Crippen LogP) is 14.5. The zero-order valence-electron chi connectivity index (χ0n) is 30.4. The summed E-state index contributed by atoms with van der Waals surface area (Å²) in [6.07, 6.45) is 0. The van der Waals surface area contributed by atoms with Crippen LogP contribution in [0.4, 0.5) is 0 Å². The molecule has 8 aromatic carbocycles. The van der Waals surface area contributed by atoms with Gasteiger partial charge in [0, 0.05) is 54.7 Å². The lowest BCUT2D eigenvalue weighted by atomic mass is 9.97. The molecular formula is C52H30N2O3. The van der Waals surface area contributed by atoms with Crippen LogP contribution in [0.1, 0.15) is 0 Å². The molecule has 0 aliphatic heterocycles. The van der Waals surface area contributed by atoms with Crippen LogP contribution in [0, 0.1) is 0 Å². The Morgan fingerprint density at radius 2 is 0.737 bits per heavy atom. The number of furan rings is 3. The molecule has 0 aliphatic carbocycles. The Morgan fingerprint density at radius 3 is 1.33 bits per heavy atom. The highest BCUT2D eigenvalue weighted by atomic mass is 16.3. The summed E-state index contributed by atoms with van der Waals surface area (Å²) < 4.78 is 19.7. The fourth-order valence-electron chi connectivity index (χ4n) is 8.44. The molecule has 0 unspecified atom stereocenters. The monoisotopic (exact) mass is 730 g/mol. The highest BCUT2D eigenvalue weighted by molar-refractivity contribution is 6.13. The van der Waals surface area contributed by atoms with Crippen molar-refractivity contribution in [2.75, 3.05) is 0 Å². The van der Waals surface area contributed by atoms with Crippen molar-refractivity contribution in [3.05, 3.63) is 182 Å². The van der Waals surface area contributed by atoms with Crippen molar-refractivity contribution >= 4 is 65.9 Å². The average molecular weight is 731 g/mol. The van der Waals surface area contributed by atoms with E-state index in [0.717, 1.165) is 111 Å². The summed E-state index contributed by atoms with van der Waals surface area (Å²) in [4.78, 5) is 10.5. The van der Waals surface area contributed by atoms with Crippen molar-refractivity contribution in [3.8, 4) is 56.0 Å². The van der Waals surface area contributed by atoms with E-state index < -0.39 is 0 Å². The second kappa shape index (κ2) is 12.4. The molecule has 0 fully saturated rings. The molecule has 12 aromatic rings. The first-order valence-corrected chi connectivity index (χ1v) is 19.1. The van der Waals surface area contributed by atoms with Gasteiger partial charge in [0.2, 0.25) is 0 Å². The van der Waals surface area contributed by atoms with Crippen LogP contribution in [0.25, 0.3) is 122 Å². The summed E-state index contributed by atoms with van der Waals surface area (Å²) in [5.74, 6) is 0.619. The Hall–Kier alpha value is -7.76. The first kappa shape index (κ1) is 31.6. The largest absolute Gasteiger partial charge is 0.455 e. The number of fused-ring (bicyclic) bond motifs is 9. The van der Waals surface area contributed by atoms with Gasteiger partial charge in [-0.2, -0.15) is 0 Å². The molecule has 0 N–H and O–H groups in total. The van der Waals surface area contributed by atoms with Crippen molar-refractivity contribution in [1.82, 2.24) is 9.97 Å². The fraction of sp³-hybridized carbons (Fsp3) is 0. The molecule has 266 valence electrons. The van der Waals surface area contributed by atoms with Gasteiger partial charge >= 0.3 is 0 Å². The van der Waals surface area contributed by atoms with Crippen LogP contribution < -0.4 is 0 Å². The van der Waals surface area contributed by atoms with E-state index in [4.69, 9.17) is 23.2 Å². The van der Waals surface area contributed by atoms with Crippen molar-refractivity contribution in [1.29, 1.82) is 0 Å². The van der Waals surface area contributed by atoms with Crippen LogP contribution >= 0.6 is 0 Å². The Kier molecular flexibility index (Phi) is 6.86. The highest BCUT2D eigenvalue weighted by Gasteiger charge is 2.22. The first-order chi connectivity index (χ1) is 28.2. The van der Waals surface area contributed by atoms with Gasteiger partial charge in [-0.25, -0.2) is 9.97 Å². The summed E-state index contributed by atoms with van der Waals surface area (Å²) in [6, 6.07) is 62.5. The standard InChI is InChI=1S/C52H30N2O3/c1-2-13-31(14-3-1)46-51-47(54-52(53-46)35-18-9-17-34(30-35)37-22-11-25-42-40-20-5-7-28-45(40)56-49(37)42)43-26-12-23-38(50(43)57-51)33-16-8-15-32(29-33)36-21-10-24-41-39-19-4-6-27-44(39)55-48(36)41/h1-30H. The minimum atomic E-state index is 0.619. The number of para-hydroxylation sites is 5. The maximum absolute atomic E-state index is 6.88. The second-order valence-corrected chi connectivity index (χ2v) is 14.4. The fourth-order valence-corrected chi connectivity index (χ4v) is 8.44. The van der Waals surface area contributed by atoms with E-state index in [2.05, 4.69) is 133 Å². The van der Waals surface area contributed by atoms with Crippen molar-refractivity contribution in [2.24, 2.45) is 0 Å². The molecule has 4 heterocycles. The third kappa shape index (κ3) is 4.96. The van der Waals surface area contributed by atoms with Crippen molar-refractivity contribution in [2.45, 2.75) is 0 Å². The van der Waals surface area contributed by atoms with Gasteiger partial charge in [0.05, 0.1) is 0 Å². The van der Waals surface area contributed by atoms with Gasteiger partial charge in [-0.3, -0.25) is 0 Å². The smallest absolute Gasteiger partial charge is 0.180 e. The minimum Gasteiger partial charge on any atom is -0.455 e. The summed E-state index contributed by atoms with van der Waals surface area (Å²) in [5.41, 5.74) is 14.5. The molecule has 12 rings (SSSR count). The maximum atomic E-state index is 6.88. The van der Waals surface area contributed by atoms with E-state index in [1.807, 2.05) is 48.5 Å². The Labute approximate surface area is 326 Å². The molecule has 57 heavy (non-hydrogen) atoms. The van der Waals surface area contributed by atoms with E-state index in [1.54, 1.807) is 0 Å². The third-order valence-corrected chi connectivity index (χ3v) is 11.1. The van der Waals surface area contributed by atoms with E-state index in [9.17, 15) is 0 Å². The maximum Gasteiger partial charge on any atom is 0.180 e. The lowest BCUT2D eigenvalue weighted by molar-refractivity contribution is 0.668. The van der Waals surface area contributed by atoms with Crippen LogP contribution in [0.2, 0.25) is 0 Å². The minimum absolute atomic E-state index is 0.619. The Morgan fingerprint density at radius 1 is 0.298 bits per heavy atom. The third-order valence-electron chi connectivity index (χ3n) is 11.1. The number of benzene rings is 8. The molecule has 4 aromatic heterocycles. The van der Waals surface area contributed by atoms with Crippen molar-refractivity contribution in [3.63, 3.8) is 0 Å². The molecule has 0 saturated heterocycles. The van der Waals surface area contributed by atoms with Crippen molar-refractivity contribution < 1.29 is 13.3 Å². The van der Waals surface area contributed by atoms with Crippen LogP contribution in [-0.2, 0) is 0 Å². The predicted molar refractivity (Wildman–Crippen MR) is 231 cm³/mol. The van der Waals surface area contributed by atoms with Gasteiger partial charge in [-0.05, 0) is 47.0 Å². The number of rotatable bonds is 5. The summed E-state index contributed by atoms with van der Waals surface area (Å²) in [7, 11) is 0. The molecular weight excluding hydrogens is 701 g/mol. The zero-order chi connectivity index (χ0) is 37.5. The summed E-state index contributed by atoms with van der Waals surface area (Å²) in [6.45, 7) is 0.